The summed E-state index contributed by atoms with van der Waals surface area (Å²) < 4.78 is 0. The van der Waals surface area contributed by atoms with E-state index >= 15 is 0 Å². The fourth-order valence-corrected chi connectivity index (χ4v) is 24.8. The molecule has 0 aromatic carbocycles. The molecule has 0 aliphatic heterocycles. The van der Waals surface area contributed by atoms with Gasteiger partial charge in [0.1, 0.15) is 0 Å². The minimum Gasteiger partial charge on any atom is -0.0496 e. The molecule has 0 heteroatoms. The molecule has 16 rings (SSSR count). The van der Waals surface area contributed by atoms with Gasteiger partial charge in [0, 0.05) is 0 Å². The van der Waals surface area contributed by atoms with Crippen LogP contribution in [0.2, 0.25) is 0 Å². The maximum absolute atomic E-state index is 1.73. The van der Waals surface area contributed by atoms with E-state index in [1.807, 2.05) is 0 Å². The lowest BCUT2D eigenvalue weighted by Crippen LogP contribution is -2.58. The quantitative estimate of drug-likeness (QED) is 0.303. The Balaban J connectivity index is 1.07. The Morgan fingerprint density at radius 3 is 0.350 bits per heavy atom. The molecule has 0 bridgehead atoms. The lowest BCUT2D eigenvalue weighted by atomic mass is 9.43. The highest BCUT2D eigenvalue weighted by atomic mass is 14.9. The number of hydrogen-bond donors (Lipinski definition) is 0. The maximum Gasteiger partial charge on any atom is -0.0312 e. The van der Waals surface area contributed by atoms with Crippen molar-refractivity contribution in [2.45, 2.75) is 64.2 Å². The van der Waals surface area contributed by atoms with Crippen molar-refractivity contribution in [1.82, 2.24) is 0 Å². The molecular weight excluding hydrogens is 480 g/mol. The standard InChI is InChI=1S/C40H50/c1-2-12-14-5-6-16-18-9-10-20-19-8-7-17-15-4-3-13-11(1)21-22(12)32-24(14)26(16)34-29(18)30(20)35-28(19)27(17)33-25(15)23(13)31(21)36-37(32)39(34)40(35)38(33)36/h11-40H,1-10H2/t11-,12?,13+,14-,15?,16?,17+,18-,19?,20?,21?,22?,23-,24+,25?,26?,27-,28?,29+,30-,31?,32?,33?,34?,35?,36?,37?,38?,39?,40?/m1/s1. The Bertz CT molecular complexity index is 1010. The first-order valence-corrected chi connectivity index (χ1v) is 19.9. The third-order valence-corrected chi connectivity index (χ3v) is 23.0. The maximum atomic E-state index is 1.73. The molecule has 0 saturated heterocycles. The average Bonchev–Trinajstić information content (AvgIpc) is 3.79. The molecule has 16 aliphatic carbocycles. The van der Waals surface area contributed by atoms with Crippen LogP contribution >= 0.6 is 0 Å². The monoisotopic (exact) mass is 530 g/mol. The molecule has 30 atom stereocenters. The molecular formula is C40H50. The molecule has 0 nitrogen and oxygen atoms in total. The van der Waals surface area contributed by atoms with Crippen molar-refractivity contribution in [1.29, 1.82) is 0 Å². The van der Waals surface area contributed by atoms with Crippen molar-refractivity contribution in [3.63, 3.8) is 0 Å². The molecule has 0 aromatic heterocycles. The van der Waals surface area contributed by atoms with Crippen molar-refractivity contribution in [3.05, 3.63) is 0 Å². The van der Waals surface area contributed by atoms with Gasteiger partial charge in [0.2, 0.25) is 0 Å². The van der Waals surface area contributed by atoms with E-state index in [0.29, 0.717) is 0 Å². The first-order chi connectivity index (χ1) is 19.9. The van der Waals surface area contributed by atoms with Crippen LogP contribution in [0.1, 0.15) is 64.2 Å². The second-order valence-electron chi connectivity index (χ2n) is 21.1. The number of hydrogen-bond acceptors (Lipinski definition) is 0. The summed E-state index contributed by atoms with van der Waals surface area (Å²) in [6, 6.07) is 0. The third-order valence-electron chi connectivity index (χ3n) is 23.0. The van der Waals surface area contributed by atoms with Crippen LogP contribution in [-0.4, -0.2) is 0 Å². The van der Waals surface area contributed by atoms with Gasteiger partial charge < -0.3 is 0 Å². The molecule has 0 radical (unpaired) electrons. The summed E-state index contributed by atoms with van der Waals surface area (Å²) in [6.45, 7) is 0. The lowest BCUT2D eigenvalue weighted by molar-refractivity contribution is -0.147. The number of fused-ring (bicyclic) bond motifs is 5. The van der Waals surface area contributed by atoms with E-state index in [1.54, 1.807) is 64.2 Å². The summed E-state index contributed by atoms with van der Waals surface area (Å²) in [4.78, 5) is 0. The van der Waals surface area contributed by atoms with E-state index < -0.39 is 0 Å². The van der Waals surface area contributed by atoms with Gasteiger partial charge in [-0.3, -0.25) is 0 Å². The zero-order valence-electron chi connectivity index (χ0n) is 24.4. The summed E-state index contributed by atoms with van der Waals surface area (Å²) in [5.74, 6) is 37.7. The highest BCUT2D eigenvalue weighted by Crippen LogP contribution is 2.92. The highest BCUT2D eigenvalue weighted by Gasteiger charge is 2.88. The Morgan fingerprint density at radius 1 is 0.125 bits per heavy atom. The minimum atomic E-state index is 1.23. The predicted octanol–water partition coefficient (Wildman–Crippen LogP) is 7.59. The van der Waals surface area contributed by atoms with Crippen LogP contribution < -0.4 is 0 Å². The summed E-state index contributed by atoms with van der Waals surface area (Å²) in [5.41, 5.74) is 0. The molecule has 40 heavy (non-hydrogen) atoms. The average molecular weight is 531 g/mol. The molecule has 0 N–H and O–H groups in total. The Hall–Kier alpha value is 0. The van der Waals surface area contributed by atoms with Gasteiger partial charge in [-0.25, -0.2) is 0 Å². The smallest absolute Gasteiger partial charge is 0.0312 e. The summed E-state index contributed by atoms with van der Waals surface area (Å²) in [6.07, 6.45) is 17.3. The third kappa shape index (κ3) is 1.52. The van der Waals surface area contributed by atoms with E-state index in [0.717, 1.165) is 0 Å². The summed E-state index contributed by atoms with van der Waals surface area (Å²) in [7, 11) is 0. The van der Waals surface area contributed by atoms with Gasteiger partial charge in [-0.05, 0) is 242 Å². The molecule has 0 aromatic rings. The number of rotatable bonds is 0. The Kier molecular flexibility index (Phi) is 2.83. The van der Waals surface area contributed by atoms with Gasteiger partial charge >= 0.3 is 0 Å². The fraction of sp³-hybridized carbons (Fsp3) is 1.00. The molecule has 0 amide bonds. The molecule has 16 saturated carbocycles. The second-order valence-corrected chi connectivity index (χ2v) is 21.1. The molecule has 0 spiro atoms. The normalized spacial score (nSPS) is 87.0. The lowest BCUT2D eigenvalue weighted by Gasteiger charge is -2.61. The van der Waals surface area contributed by atoms with E-state index in [2.05, 4.69) is 0 Å². The van der Waals surface area contributed by atoms with Crippen molar-refractivity contribution >= 4 is 0 Å². The van der Waals surface area contributed by atoms with Crippen molar-refractivity contribution in [2.75, 3.05) is 0 Å². The predicted molar refractivity (Wildman–Crippen MR) is 151 cm³/mol. The topological polar surface area (TPSA) is 0 Å². The van der Waals surface area contributed by atoms with Gasteiger partial charge in [-0.2, -0.15) is 0 Å². The van der Waals surface area contributed by atoms with Gasteiger partial charge in [0.15, 0.2) is 0 Å². The highest BCUT2D eigenvalue weighted by molar-refractivity contribution is 5.35. The van der Waals surface area contributed by atoms with Gasteiger partial charge in [0.25, 0.3) is 0 Å². The molecule has 0 heterocycles. The molecule has 20 unspecified atom stereocenters. The van der Waals surface area contributed by atoms with E-state index in [1.165, 1.54) is 178 Å². The zero-order valence-corrected chi connectivity index (χ0v) is 24.4. The van der Waals surface area contributed by atoms with E-state index in [4.69, 9.17) is 0 Å². The molecule has 16 fully saturated rings. The largest absolute Gasteiger partial charge is 0.0496 e. The minimum absolute atomic E-state index is 1.23. The van der Waals surface area contributed by atoms with E-state index in [-0.39, 0.29) is 0 Å². The van der Waals surface area contributed by atoms with Crippen LogP contribution in [0, 0.1) is 178 Å². The Morgan fingerprint density at radius 2 is 0.225 bits per heavy atom. The van der Waals surface area contributed by atoms with Crippen LogP contribution in [0.4, 0.5) is 0 Å². The first-order valence-electron chi connectivity index (χ1n) is 19.9. The molecule has 16 aliphatic rings. The van der Waals surface area contributed by atoms with Crippen molar-refractivity contribution in [3.8, 4) is 0 Å². The van der Waals surface area contributed by atoms with Crippen LogP contribution in [0.3, 0.4) is 0 Å². The van der Waals surface area contributed by atoms with Crippen LogP contribution in [-0.2, 0) is 0 Å². The van der Waals surface area contributed by atoms with Crippen LogP contribution in [0.5, 0.6) is 0 Å². The summed E-state index contributed by atoms with van der Waals surface area (Å²) in [5, 5.41) is 0. The first kappa shape index (κ1) is 20.1. The summed E-state index contributed by atoms with van der Waals surface area (Å²) >= 11 is 0. The fourth-order valence-electron chi connectivity index (χ4n) is 24.8. The molecule has 210 valence electrons. The van der Waals surface area contributed by atoms with E-state index in [9.17, 15) is 0 Å². The Labute approximate surface area is 241 Å². The second kappa shape index (κ2) is 5.63. The zero-order chi connectivity index (χ0) is 24.4. The van der Waals surface area contributed by atoms with Crippen molar-refractivity contribution in [2.24, 2.45) is 178 Å². The SMILES string of the molecule is C1C[C@H]2C3CC[C@@H]4[C@@H]5C3C3C6C7C8C9C6C6C(C1C1CC[C@@H]%10C%11CC[C@@H]%12C%13CC[C@H]4C(C%13C8[C@@H]%12C%11C9[C@@H]%10[C@@H]16)C75)[C@H]32. The van der Waals surface area contributed by atoms with Crippen LogP contribution in [0.15, 0.2) is 0 Å². The van der Waals surface area contributed by atoms with Crippen molar-refractivity contribution < 1.29 is 0 Å². The van der Waals surface area contributed by atoms with Crippen LogP contribution in [0.25, 0.3) is 0 Å². The van der Waals surface area contributed by atoms with Gasteiger partial charge in [-0.1, -0.05) is 0 Å². The van der Waals surface area contributed by atoms with Gasteiger partial charge in [0.05, 0.1) is 0 Å². The van der Waals surface area contributed by atoms with Gasteiger partial charge in [-0.15, -0.1) is 0 Å².